The summed E-state index contributed by atoms with van der Waals surface area (Å²) in [6.45, 7) is 2.57. The second kappa shape index (κ2) is 10.3. The summed E-state index contributed by atoms with van der Waals surface area (Å²) in [5.74, 6) is -0.618. The van der Waals surface area contributed by atoms with Crippen LogP contribution in [0.5, 0.6) is 5.75 Å². The number of esters is 1. The van der Waals surface area contributed by atoms with Crippen molar-refractivity contribution in [2.75, 3.05) is 19.8 Å². The number of benzene rings is 2. The fourth-order valence-electron chi connectivity index (χ4n) is 2.94. The van der Waals surface area contributed by atoms with Crippen LogP contribution in [-0.2, 0) is 20.9 Å². The average molecular weight is 412 g/mol. The van der Waals surface area contributed by atoms with Gasteiger partial charge < -0.3 is 19.2 Å². The molecule has 1 amide bonds. The van der Waals surface area contributed by atoms with Gasteiger partial charge in [0.05, 0.1) is 12.1 Å². The number of para-hydroxylation sites is 2. The number of aryl methyl sites for hydroxylation is 2. The van der Waals surface area contributed by atoms with Gasteiger partial charge >= 0.3 is 11.7 Å². The first kappa shape index (κ1) is 21.2. The Morgan fingerprint density at radius 3 is 2.80 bits per heavy atom. The van der Waals surface area contributed by atoms with Gasteiger partial charge in [0.25, 0.3) is 5.91 Å². The van der Waals surface area contributed by atoms with Gasteiger partial charge in [-0.15, -0.1) is 0 Å². The van der Waals surface area contributed by atoms with E-state index < -0.39 is 17.6 Å². The number of rotatable bonds is 10. The molecule has 2 aromatic carbocycles. The van der Waals surface area contributed by atoms with Crippen LogP contribution in [0, 0.1) is 6.92 Å². The maximum absolute atomic E-state index is 11.9. The molecule has 0 atom stereocenters. The van der Waals surface area contributed by atoms with Crippen LogP contribution < -0.4 is 15.8 Å². The van der Waals surface area contributed by atoms with E-state index in [1.807, 2.05) is 37.3 Å². The SMILES string of the molecule is Cc1cccc(OCCNC(=O)COC(=O)CCCn2c(=O)oc3ccccc32)c1. The molecule has 3 rings (SSSR count). The molecule has 0 fully saturated rings. The predicted octanol–water partition coefficient (Wildman–Crippen LogP) is 2.42. The van der Waals surface area contributed by atoms with Crippen LogP contribution >= 0.6 is 0 Å². The largest absolute Gasteiger partial charge is 0.492 e. The monoisotopic (exact) mass is 412 g/mol. The zero-order valence-electron chi connectivity index (χ0n) is 16.8. The molecular weight excluding hydrogens is 388 g/mol. The molecule has 1 heterocycles. The lowest BCUT2D eigenvalue weighted by Gasteiger charge is -2.09. The maximum Gasteiger partial charge on any atom is 0.419 e. The summed E-state index contributed by atoms with van der Waals surface area (Å²) in [5, 5.41) is 2.63. The number of nitrogens with zero attached hydrogens (tertiary/aromatic N) is 1. The van der Waals surface area contributed by atoms with Crippen molar-refractivity contribution in [3.63, 3.8) is 0 Å². The fourth-order valence-corrected chi connectivity index (χ4v) is 2.94. The first-order valence-electron chi connectivity index (χ1n) is 9.73. The molecule has 8 nitrogen and oxygen atoms in total. The quantitative estimate of drug-likeness (QED) is 0.406. The summed E-state index contributed by atoms with van der Waals surface area (Å²) < 4.78 is 17.1. The topological polar surface area (TPSA) is 99.8 Å². The highest BCUT2D eigenvalue weighted by atomic mass is 16.5. The number of hydrogen-bond donors (Lipinski definition) is 1. The third-order valence-electron chi connectivity index (χ3n) is 4.38. The third-order valence-corrected chi connectivity index (χ3v) is 4.38. The van der Waals surface area contributed by atoms with Crippen LogP contribution in [0.2, 0.25) is 0 Å². The summed E-state index contributed by atoms with van der Waals surface area (Å²) in [6.07, 6.45) is 0.490. The van der Waals surface area contributed by atoms with Gasteiger partial charge in [-0.25, -0.2) is 4.79 Å². The van der Waals surface area contributed by atoms with Crippen molar-refractivity contribution in [2.24, 2.45) is 0 Å². The molecule has 0 aliphatic rings. The van der Waals surface area contributed by atoms with Gasteiger partial charge in [0.2, 0.25) is 0 Å². The Morgan fingerprint density at radius 2 is 1.97 bits per heavy atom. The van der Waals surface area contributed by atoms with Crippen LogP contribution in [0.3, 0.4) is 0 Å². The van der Waals surface area contributed by atoms with Crippen molar-refractivity contribution in [1.29, 1.82) is 0 Å². The highest BCUT2D eigenvalue weighted by Gasteiger charge is 2.11. The molecular formula is C22H24N2O6. The Bertz CT molecular complexity index is 1070. The van der Waals surface area contributed by atoms with Gasteiger partial charge in [0.15, 0.2) is 12.2 Å². The van der Waals surface area contributed by atoms with Crippen molar-refractivity contribution in [3.05, 3.63) is 64.6 Å². The van der Waals surface area contributed by atoms with Gasteiger partial charge in [-0.1, -0.05) is 24.3 Å². The number of aromatic nitrogens is 1. The molecule has 0 spiro atoms. The lowest BCUT2D eigenvalue weighted by atomic mass is 10.2. The zero-order valence-corrected chi connectivity index (χ0v) is 16.8. The number of oxazole rings is 1. The predicted molar refractivity (Wildman–Crippen MR) is 110 cm³/mol. The number of carbonyl (C=O) groups is 2. The number of amides is 1. The Morgan fingerprint density at radius 1 is 1.13 bits per heavy atom. The van der Waals surface area contributed by atoms with Crippen molar-refractivity contribution in [2.45, 2.75) is 26.3 Å². The number of carbonyl (C=O) groups excluding carboxylic acids is 2. The van der Waals surface area contributed by atoms with Crippen LogP contribution in [-0.4, -0.2) is 36.2 Å². The minimum Gasteiger partial charge on any atom is -0.492 e. The number of fused-ring (bicyclic) bond motifs is 1. The first-order valence-corrected chi connectivity index (χ1v) is 9.73. The van der Waals surface area contributed by atoms with Gasteiger partial charge in [-0.3, -0.25) is 14.2 Å². The lowest BCUT2D eigenvalue weighted by Crippen LogP contribution is -2.32. The van der Waals surface area contributed by atoms with Gasteiger partial charge in [0, 0.05) is 13.0 Å². The van der Waals surface area contributed by atoms with Crippen molar-refractivity contribution < 1.29 is 23.5 Å². The average Bonchev–Trinajstić information content (AvgIpc) is 3.05. The van der Waals surface area contributed by atoms with Crippen molar-refractivity contribution in [3.8, 4) is 5.75 Å². The first-order chi connectivity index (χ1) is 14.5. The van der Waals surface area contributed by atoms with E-state index in [0.717, 1.165) is 11.3 Å². The Balaban J connectivity index is 1.31. The summed E-state index contributed by atoms with van der Waals surface area (Å²) in [5.41, 5.74) is 2.28. The van der Waals surface area contributed by atoms with E-state index in [9.17, 15) is 14.4 Å². The molecule has 8 heteroatoms. The van der Waals surface area contributed by atoms with Crippen molar-refractivity contribution >= 4 is 23.0 Å². The van der Waals surface area contributed by atoms with E-state index in [0.29, 0.717) is 37.2 Å². The second-order valence-electron chi connectivity index (χ2n) is 6.77. The zero-order chi connectivity index (χ0) is 21.3. The molecule has 1 N–H and O–H groups in total. The second-order valence-corrected chi connectivity index (χ2v) is 6.77. The minimum atomic E-state index is -0.498. The highest BCUT2D eigenvalue weighted by molar-refractivity contribution is 5.80. The van der Waals surface area contributed by atoms with Gasteiger partial charge in [-0.2, -0.15) is 0 Å². The molecule has 30 heavy (non-hydrogen) atoms. The molecule has 158 valence electrons. The number of nitrogens with one attached hydrogen (secondary N) is 1. The lowest BCUT2D eigenvalue weighted by molar-refractivity contribution is -0.148. The maximum atomic E-state index is 11.9. The molecule has 0 aliphatic carbocycles. The van der Waals surface area contributed by atoms with Gasteiger partial charge in [-0.05, 0) is 43.2 Å². The highest BCUT2D eigenvalue weighted by Crippen LogP contribution is 2.13. The Labute approximate surface area is 173 Å². The molecule has 3 aromatic rings. The van der Waals surface area contributed by atoms with E-state index in [2.05, 4.69) is 5.32 Å². The van der Waals surface area contributed by atoms with Crippen LogP contribution in [0.25, 0.3) is 11.1 Å². The summed E-state index contributed by atoms with van der Waals surface area (Å²) in [7, 11) is 0. The normalized spacial score (nSPS) is 10.7. The van der Waals surface area contributed by atoms with Crippen molar-refractivity contribution in [1.82, 2.24) is 9.88 Å². The van der Waals surface area contributed by atoms with E-state index >= 15 is 0 Å². The van der Waals surface area contributed by atoms with E-state index in [1.165, 1.54) is 4.57 Å². The molecule has 0 aliphatic heterocycles. The standard InChI is InChI=1S/C22H24N2O6/c1-16-6-4-7-17(14-16)28-13-11-23-20(25)15-29-21(26)10-5-12-24-18-8-2-3-9-19(18)30-22(24)27/h2-4,6-9,14H,5,10-13,15H2,1H3,(H,23,25). The third kappa shape index (κ3) is 5.97. The number of ether oxygens (including phenoxy) is 2. The molecule has 0 bridgehead atoms. The van der Waals surface area contributed by atoms with E-state index in [-0.39, 0.29) is 13.0 Å². The molecule has 1 aromatic heterocycles. The van der Waals surface area contributed by atoms with E-state index in [1.54, 1.807) is 18.2 Å². The van der Waals surface area contributed by atoms with Crippen LogP contribution in [0.15, 0.2) is 57.7 Å². The van der Waals surface area contributed by atoms with Gasteiger partial charge in [0.1, 0.15) is 12.4 Å². The molecule has 0 radical (unpaired) electrons. The van der Waals surface area contributed by atoms with Crippen LogP contribution in [0.1, 0.15) is 18.4 Å². The number of hydrogen-bond acceptors (Lipinski definition) is 6. The summed E-state index contributed by atoms with van der Waals surface area (Å²) in [4.78, 5) is 35.5. The summed E-state index contributed by atoms with van der Waals surface area (Å²) in [6, 6.07) is 14.7. The molecule has 0 unspecified atom stereocenters. The van der Waals surface area contributed by atoms with E-state index in [4.69, 9.17) is 13.9 Å². The smallest absolute Gasteiger partial charge is 0.419 e. The minimum absolute atomic E-state index is 0.0930. The fraction of sp³-hybridized carbons (Fsp3) is 0.318. The molecule has 0 saturated carbocycles. The molecule has 0 saturated heterocycles. The summed E-state index contributed by atoms with van der Waals surface area (Å²) >= 11 is 0. The Kier molecular flexibility index (Phi) is 7.26. The van der Waals surface area contributed by atoms with Crippen LogP contribution in [0.4, 0.5) is 0 Å². The Hall–Kier alpha value is -3.55.